The monoisotopic (exact) mass is 819 g/mol. The highest BCUT2D eigenvalue weighted by Crippen LogP contribution is 2.71. The number of rotatable bonds is 10. The summed E-state index contributed by atoms with van der Waals surface area (Å²) in [6, 6.07) is 1.14. The van der Waals surface area contributed by atoms with Gasteiger partial charge >= 0.3 is 11.9 Å². The molecule has 1 saturated heterocycles. The van der Waals surface area contributed by atoms with Crippen LogP contribution in [0.4, 0.5) is 14.5 Å². The quantitative estimate of drug-likeness (QED) is 0.284. The van der Waals surface area contributed by atoms with E-state index >= 15 is 8.78 Å². The molecule has 2 heterocycles. The molecule has 2 aromatic rings. The van der Waals surface area contributed by atoms with E-state index in [1.54, 1.807) is 38.3 Å². The number of fused-ring (bicyclic) bond motifs is 6. The zero-order chi connectivity index (χ0) is 42.4. The Morgan fingerprint density at radius 1 is 1.10 bits per heavy atom. The number of carbonyl (C=O) groups is 4. The van der Waals surface area contributed by atoms with Gasteiger partial charge < -0.3 is 34.1 Å². The number of Topliss-reactive ketones (excluding diaryl/α,β-unsaturated/α-hetero) is 1. The molecule has 1 aliphatic heterocycles. The SMILES string of the molecule is CCCC(=O)O[C@@]1(C(=O)COC(=O)c2cn(C3CC3)c3c(OC)c(N4CCNC(C)C4)c(F)cc3c2=O)[C@@H](C)C[C@@H]2[C@H]3CCC4=CC(=O)C=C[C@@]4(C)[C@]3(F)[C@H](O)C[C@]21C. The van der Waals surface area contributed by atoms with Crippen molar-refractivity contribution in [1.29, 1.82) is 0 Å². The van der Waals surface area contributed by atoms with Crippen molar-refractivity contribution in [2.45, 2.75) is 115 Å². The Kier molecular flexibility index (Phi) is 10.2. The average Bonchev–Trinajstić information content (AvgIpc) is 4.01. The highest BCUT2D eigenvalue weighted by atomic mass is 19.1. The maximum atomic E-state index is 17.9. The third-order valence-corrected chi connectivity index (χ3v) is 14.9. The van der Waals surface area contributed by atoms with Crippen molar-refractivity contribution in [2.24, 2.45) is 28.6 Å². The van der Waals surface area contributed by atoms with E-state index in [1.807, 2.05) is 11.8 Å². The zero-order valence-corrected chi connectivity index (χ0v) is 34.7. The summed E-state index contributed by atoms with van der Waals surface area (Å²) in [5, 5.41) is 15.2. The number of pyridine rings is 1. The number of aromatic nitrogens is 1. The minimum atomic E-state index is -2.18. The fraction of sp³-hybridized carbons (Fsp3) is 0.622. The minimum Gasteiger partial charge on any atom is -0.492 e. The molecule has 9 atom stereocenters. The molecule has 0 spiro atoms. The van der Waals surface area contributed by atoms with Crippen LogP contribution < -0.4 is 20.4 Å². The number of methoxy groups -OCH3 is 1. The molecule has 0 bridgehead atoms. The van der Waals surface area contributed by atoms with Gasteiger partial charge in [0.05, 0.1) is 24.1 Å². The molecular formula is C45H55F2N3O9. The molecule has 0 radical (unpaired) electrons. The van der Waals surface area contributed by atoms with Crippen LogP contribution in [0.25, 0.3) is 10.9 Å². The fourth-order valence-electron chi connectivity index (χ4n) is 12.0. The Morgan fingerprint density at radius 3 is 2.53 bits per heavy atom. The van der Waals surface area contributed by atoms with Gasteiger partial charge in [0, 0.05) is 67.0 Å². The molecule has 6 aliphatic rings. The number of nitrogens with zero attached hydrogens (tertiary/aromatic N) is 2. The number of halogens is 2. The summed E-state index contributed by atoms with van der Waals surface area (Å²) < 4.78 is 53.6. The number of nitrogens with one attached hydrogen (secondary N) is 1. The van der Waals surface area contributed by atoms with Crippen LogP contribution in [0, 0.1) is 34.4 Å². The predicted octanol–water partition coefficient (Wildman–Crippen LogP) is 5.71. The number of piperazine rings is 1. The molecule has 12 nitrogen and oxygen atoms in total. The summed E-state index contributed by atoms with van der Waals surface area (Å²) in [7, 11) is 1.42. The second-order valence-corrected chi connectivity index (χ2v) is 18.3. The van der Waals surface area contributed by atoms with Crippen LogP contribution in [0.5, 0.6) is 5.75 Å². The van der Waals surface area contributed by atoms with Gasteiger partial charge in [0.2, 0.25) is 11.2 Å². The Labute approximate surface area is 342 Å². The molecule has 2 N–H and O–H groups in total. The standard InChI is InChI=1S/C45H55F2N3O9/c1-7-8-36(54)59-45(24(2)17-32-31-12-9-26-18-28(51)13-14-42(26,4)44(31,47)34(52)20-43(32,45)5)35(53)23-58-41(56)30-22-50(27-10-11-27)37-29(39(30)55)19-33(46)38(40(37)57-6)49-16-15-48-25(3)21-49/h13-14,18-19,22,24-25,27,31-32,34,48,52H,7-12,15-17,20-21,23H2,1-6H3/t24-,25?,31+,32+,34+,42+,43+,44+,45+/m0/s1. The molecule has 318 valence electrons. The third kappa shape index (κ3) is 6.04. The Balaban J connectivity index is 1.13. The number of benzene rings is 1. The number of esters is 2. The van der Waals surface area contributed by atoms with Gasteiger partial charge in [0.1, 0.15) is 11.3 Å². The Morgan fingerprint density at radius 2 is 1.85 bits per heavy atom. The topological polar surface area (TPSA) is 153 Å². The fourth-order valence-corrected chi connectivity index (χ4v) is 12.0. The van der Waals surface area contributed by atoms with Crippen LogP contribution in [0.15, 0.2) is 40.9 Å². The number of allylic oxidation sites excluding steroid dienone is 4. The predicted molar refractivity (Wildman–Crippen MR) is 215 cm³/mol. The summed E-state index contributed by atoms with van der Waals surface area (Å²) in [4.78, 5) is 70.7. The van der Waals surface area contributed by atoms with E-state index in [0.29, 0.717) is 50.0 Å². The Hall–Kier alpha value is -4.43. The van der Waals surface area contributed by atoms with Crippen molar-refractivity contribution in [1.82, 2.24) is 9.88 Å². The molecule has 1 aromatic carbocycles. The van der Waals surface area contributed by atoms with Gasteiger partial charge in [-0.15, -0.1) is 0 Å². The maximum absolute atomic E-state index is 17.9. The van der Waals surface area contributed by atoms with E-state index in [4.69, 9.17) is 14.2 Å². The van der Waals surface area contributed by atoms with E-state index in [2.05, 4.69) is 5.32 Å². The van der Waals surface area contributed by atoms with Gasteiger partial charge in [-0.2, -0.15) is 0 Å². The van der Waals surface area contributed by atoms with Crippen molar-refractivity contribution < 1.29 is 47.3 Å². The lowest BCUT2D eigenvalue weighted by Crippen LogP contribution is -2.70. The van der Waals surface area contributed by atoms with Crippen LogP contribution in [-0.2, 0) is 23.9 Å². The summed E-state index contributed by atoms with van der Waals surface area (Å²) >= 11 is 0. The summed E-state index contributed by atoms with van der Waals surface area (Å²) in [6.07, 6.45) is 6.86. The van der Waals surface area contributed by atoms with Gasteiger partial charge in [-0.25, -0.2) is 13.6 Å². The number of hydrogen-bond acceptors (Lipinski definition) is 11. The summed E-state index contributed by atoms with van der Waals surface area (Å²) in [5.74, 6) is -5.14. The smallest absolute Gasteiger partial charge is 0.344 e. The van der Waals surface area contributed by atoms with Crippen molar-refractivity contribution in [3.05, 3.63) is 57.7 Å². The first-order chi connectivity index (χ1) is 28.0. The normalized spacial score (nSPS) is 35.1. The lowest BCUT2D eigenvalue weighted by Gasteiger charge is -2.62. The number of aliphatic hydroxyl groups excluding tert-OH is 1. The maximum Gasteiger partial charge on any atom is 0.344 e. The van der Waals surface area contributed by atoms with Gasteiger partial charge in [0.15, 0.2) is 35.2 Å². The first kappa shape index (κ1) is 41.3. The number of hydrogen-bond donors (Lipinski definition) is 2. The van der Waals surface area contributed by atoms with Gasteiger partial charge in [-0.3, -0.25) is 19.2 Å². The molecular weight excluding hydrogens is 765 g/mol. The van der Waals surface area contributed by atoms with Crippen LogP contribution in [0.2, 0.25) is 0 Å². The molecule has 14 heteroatoms. The van der Waals surface area contributed by atoms with E-state index in [1.165, 1.54) is 25.5 Å². The molecule has 5 fully saturated rings. The molecule has 1 unspecified atom stereocenters. The number of anilines is 1. The third-order valence-electron chi connectivity index (χ3n) is 14.9. The highest BCUT2D eigenvalue weighted by Gasteiger charge is 2.77. The van der Waals surface area contributed by atoms with Crippen molar-refractivity contribution in [2.75, 3.05) is 38.3 Å². The van der Waals surface area contributed by atoms with E-state index in [-0.39, 0.29) is 54.0 Å². The van der Waals surface area contributed by atoms with Gasteiger partial charge in [-0.1, -0.05) is 32.4 Å². The zero-order valence-electron chi connectivity index (χ0n) is 34.7. The molecule has 0 amide bonds. The molecule has 59 heavy (non-hydrogen) atoms. The van der Waals surface area contributed by atoms with Crippen LogP contribution in [0.1, 0.15) is 102 Å². The number of carbonyl (C=O) groups excluding carboxylic acids is 4. The minimum absolute atomic E-state index is 0.000423. The van der Waals surface area contributed by atoms with Crippen LogP contribution in [-0.4, -0.2) is 89.9 Å². The second kappa shape index (κ2) is 14.6. The van der Waals surface area contributed by atoms with Gasteiger partial charge in [-0.05, 0) is 82.9 Å². The van der Waals surface area contributed by atoms with E-state index in [9.17, 15) is 29.1 Å². The van der Waals surface area contributed by atoms with Crippen molar-refractivity contribution in [3.63, 3.8) is 0 Å². The second-order valence-electron chi connectivity index (χ2n) is 18.3. The first-order valence-corrected chi connectivity index (χ1v) is 21.1. The molecule has 5 aliphatic carbocycles. The lowest BCUT2D eigenvalue weighted by atomic mass is 9.44. The highest BCUT2D eigenvalue weighted by molar-refractivity contribution is 6.02. The van der Waals surface area contributed by atoms with E-state index in [0.717, 1.165) is 18.9 Å². The van der Waals surface area contributed by atoms with Crippen molar-refractivity contribution >= 4 is 40.1 Å². The Bertz CT molecular complexity index is 2250. The van der Waals surface area contributed by atoms with Crippen LogP contribution >= 0.6 is 0 Å². The number of aliphatic hydroxyl groups is 1. The lowest BCUT2D eigenvalue weighted by molar-refractivity contribution is -0.228. The average molecular weight is 820 g/mol. The largest absolute Gasteiger partial charge is 0.492 e. The van der Waals surface area contributed by atoms with Gasteiger partial charge in [0.25, 0.3) is 0 Å². The number of alkyl halides is 1. The summed E-state index contributed by atoms with van der Waals surface area (Å²) in [5.41, 5.74) is -6.58. The summed E-state index contributed by atoms with van der Waals surface area (Å²) in [6.45, 7) is 9.82. The molecule has 1 aromatic heterocycles. The first-order valence-electron chi connectivity index (χ1n) is 21.1. The number of ether oxygens (including phenoxy) is 3. The van der Waals surface area contributed by atoms with E-state index < -0.39 is 87.1 Å². The molecule has 4 saturated carbocycles. The van der Waals surface area contributed by atoms with Crippen molar-refractivity contribution in [3.8, 4) is 5.75 Å². The van der Waals surface area contributed by atoms with Crippen LogP contribution in [0.3, 0.4) is 0 Å². The number of ketones is 2. The molecule has 8 rings (SSSR count).